The average molecular weight is 610 g/mol. The fourth-order valence-electron chi connectivity index (χ4n) is 3.89. The van der Waals surface area contributed by atoms with Gasteiger partial charge in [0.05, 0.1) is 20.1 Å². The lowest BCUT2D eigenvalue weighted by Crippen LogP contribution is -2.09. The number of carbonyl (C=O) groups is 2. The highest BCUT2D eigenvalue weighted by Gasteiger charge is 2.08. The molecule has 0 saturated carbocycles. The van der Waals surface area contributed by atoms with E-state index in [0.29, 0.717) is 31.5 Å². The Morgan fingerprint density at radius 2 is 0.950 bits per heavy atom. The van der Waals surface area contributed by atoms with E-state index in [4.69, 9.17) is 46.4 Å². The lowest BCUT2D eigenvalue weighted by atomic mass is 10.00. The average Bonchev–Trinajstić information content (AvgIpc) is 2.92. The molecule has 0 atom stereocenters. The van der Waals surface area contributed by atoms with Crippen molar-refractivity contribution in [3.63, 3.8) is 0 Å². The van der Waals surface area contributed by atoms with Crippen molar-refractivity contribution in [1.29, 1.82) is 0 Å². The molecule has 202 valence electrons. The minimum absolute atomic E-state index is 0.258. The highest BCUT2D eigenvalue weighted by Crippen LogP contribution is 2.29. The number of hydrogen-bond acceptors (Lipinski definition) is 2. The maximum Gasteiger partial charge on any atom is 0.248 e. The first kappa shape index (κ1) is 29.4. The SMILES string of the molecule is Cc1cc(-c2ccc(NC(=O)/C=C/c3ccc(Cl)c(Cl)c3)c(C)c2)ccc1NC(=O)/C=C/c1ccc(Cl)c(Cl)c1. The van der Waals surface area contributed by atoms with Gasteiger partial charge in [0.25, 0.3) is 0 Å². The quantitative estimate of drug-likeness (QED) is 0.205. The Hall–Kier alpha value is -3.54. The Bertz CT molecular complexity index is 1540. The van der Waals surface area contributed by atoms with Crippen LogP contribution in [0, 0.1) is 13.8 Å². The second-order valence-electron chi connectivity index (χ2n) is 9.05. The first-order valence-electron chi connectivity index (χ1n) is 12.2. The lowest BCUT2D eigenvalue weighted by Gasteiger charge is -2.12. The number of nitrogens with one attached hydrogen (secondary N) is 2. The van der Waals surface area contributed by atoms with Crippen LogP contribution in [0.1, 0.15) is 22.3 Å². The minimum Gasteiger partial charge on any atom is -0.322 e. The summed E-state index contributed by atoms with van der Waals surface area (Å²) in [6.45, 7) is 3.87. The van der Waals surface area contributed by atoms with E-state index in [1.165, 1.54) is 12.2 Å². The number of benzene rings is 4. The van der Waals surface area contributed by atoms with Crippen LogP contribution >= 0.6 is 46.4 Å². The van der Waals surface area contributed by atoms with Crippen LogP contribution < -0.4 is 10.6 Å². The summed E-state index contributed by atoms with van der Waals surface area (Å²) in [4.78, 5) is 24.9. The molecular formula is C32H24Cl4N2O2. The molecule has 4 aromatic carbocycles. The van der Waals surface area contributed by atoms with E-state index in [0.717, 1.165) is 33.4 Å². The van der Waals surface area contributed by atoms with Crippen molar-refractivity contribution in [3.8, 4) is 11.1 Å². The standard InChI is InChI=1S/C32H24Cl4N2O2/c1-19-15-23(7-11-29(19)37-31(39)13-5-21-3-9-25(33)27(35)17-21)24-8-12-30(20(2)16-24)38-32(40)14-6-22-4-10-26(34)28(36)18-22/h3-18H,1-2H3,(H,37,39)(H,38,40)/b13-5+,14-6+. The second-order valence-corrected chi connectivity index (χ2v) is 10.7. The summed E-state index contributed by atoms with van der Waals surface area (Å²) in [5, 5.41) is 7.59. The van der Waals surface area contributed by atoms with Gasteiger partial charge >= 0.3 is 0 Å². The molecule has 0 aliphatic heterocycles. The van der Waals surface area contributed by atoms with Crippen LogP contribution in [0.2, 0.25) is 20.1 Å². The van der Waals surface area contributed by atoms with Gasteiger partial charge in [0.2, 0.25) is 11.8 Å². The molecule has 2 N–H and O–H groups in total. The molecular weight excluding hydrogens is 586 g/mol. The van der Waals surface area contributed by atoms with E-state index >= 15 is 0 Å². The van der Waals surface area contributed by atoms with Gasteiger partial charge in [-0.25, -0.2) is 0 Å². The summed E-state index contributed by atoms with van der Waals surface area (Å²) >= 11 is 23.9. The largest absolute Gasteiger partial charge is 0.322 e. The second kappa shape index (κ2) is 13.2. The van der Waals surface area contributed by atoms with E-state index in [2.05, 4.69) is 10.6 Å². The maximum absolute atomic E-state index is 12.5. The molecule has 40 heavy (non-hydrogen) atoms. The van der Waals surface area contributed by atoms with Crippen molar-refractivity contribution in [1.82, 2.24) is 0 Å². The topological polar surface area (TPSA) is 58.2 Å². The Morgan fingerprint density at radius 3 is 1.30 bits per heavy atom. The van der Waals surface area contributed by atoms with Crippen LogP contribution in [0.4, 0.5) is 11.4 Å². The van der Waals surface area contributed by atoms with Gasteiger partial charge in [-0.3, -0.25) is 9.59 Å². The predicted molar refractivity (Wildman–Crippen MR) is 170 cm³/mol. The van der Waals surface area contributed by atoms with E-state index in [-0.39, 0.29) is 11.8 Å². The van der Waals surface area contributed by atoms with Gasteiger partial charge in [0.1, 0.15) is 0 Å². The van der Waals surface area contributed by atoms with Crippen LogP contribution in [0.3, 0.4) is 0 Å². The summed E-state index contributed by atoms with van der Waals surface area (Å²) < 4.78 is 0. The van der Waals surface area contributed by atoms with Crippen molar-refractivity contribution in [2.45, 2.75) is 13.8 Å². The molecule has 0 radical (unpaired) electrons. The molecule has 0 spiro atoms. The molecule has 0 aliphatic rings. The van der Waals surface area contributed by atoms with Crippen LogP contribution in [0.15, 0.2) is 84.9 Å². The van der Waals surface area contributed by atoms with Gasteiger partial charge in [-0.1, -0.05) is 70.7 Å². The third-order valence-electron chi connectivity index (χ3n) is 6.04. The van der Waals surface area contributed by atoms with Crippen molar-refractivity contribution >= 4 is 81.7 Å². The maximum atomic E-state index is 12.5. The Labute approximate surface area is 253 Å². The Kier molecular flexibility index (Phi) is 9.72. The molecule has 0 aromatic heterocycles. The summed E-state index contributed by atoms with van der Waals surface area (Å²) in [5.74, 6) is -0.517. The van der Waals surface area contributed by atoms with Gasteiger partial charge < -0.3 is 10.6 Å². The van der Waals surface area contributed by atoms with Crippen LogP contribution in [-0.2, 0) is 9.59 Å². The molecule has 0 unspecified atom stereocenters. The molecule has 4 nitrogen and oxygen atoms in total. The zero-order chi connectivity index (χ0) is 28.8. The smallest absolute Gasteiger partial charge is 0.248 e. The van der Waals surface area contributed by atoms with Crippen LogP contribution in [0.25, 0.3) is 23.3 Å². The number of hydrogen-bond donors (Lipinski definition) is 2. The van der Waals surface area contributed by atoms with Crippen molar-refractivity contribution < 1.29 is 9.59 Å². The fraction of sp³-hybridized carbons (Fsp3) is 0.0625. The van der Waals surface area contributed by atoms with E-state index in [1.54, 1.807) is 48.6 Å². The normalized spacial score (nSPS) is 11.2. The number of anilines is 2. The third kappa shape index (κ3) is 7.77. The zero-order valence-corrected chi connectivity index (χ0v) is 24.6. The van der Waals surface area contributed by atoms with Gasteiger partial charge in [-0.05, 0) is 108 Å². The molecule has 0 heterocycles. The zero-order valence-electron chi connectivity index (χ0n) is 21.6. The molecule has 8 heteroatoms. The molecule has 0 fully saturated rings. The summed E-state index contributed by atoms with van der Waals surface area (Å²) in [5.41, 5.74) is 6.77. The van der Waals surface area contributed by atoms with Gasteiger partial charge in [0.15, 0.2) is 0 Å². The molecule has 0 bridgehead atoms. The summed E-state index contributed by atoms with van der Waals surface area (Å²) in [6, 6.07) is 22.0. The van der Waals surface area contributed by atoms with Crippen LogP contribution in [0.5, 0.6) is 0 Å². The monoisotopic (exact) mass is 608 g/mol. The molecule has 4 rings (SSSR count). The minimum atomic E-state index is -0.258. The highest BCUT2D eigenvalue weighted by atomic mass is 35.5. The number of halogens is 4. The predicted octanol–water partition coefficient (Wildman–Crippen LogP) is 9.89. The van der Waals surface area contributed by atoms with Crippen molar-refractivity contribution in [3.05, 3.63) is 127 Å². The van der Waals surface area contributed by atoms with E-state index in [1.807, 2.05) is 50.2 Å². The molecule has 0 saturated heterocycles. The number of aryl methyl sites for hydroxylation is 2. The number of amides is 2. The molecule has 4 aromatic rings. The first-order valence-corrected chi connectivity index (χ1v) is 13.7. The summed E-state index contributed by atoms with van der Waals surface area (Å²) in [7, 11) is 0. The highest BCUT2D eigenvalue weighted by molar-refractivity contribution is 6.42. The van der Waals surface area contributed by atoms with Gasteiger partial charge in [-0.15, -0.1) is 0 Å². The lowest BCUT2D eigenvalue weighted by molar-refractivity contribution is -0.112. The number of carbonyl (C=O) groups excluding carboxylic acids is 2. The molecule has 2 amide bonds. The first-order chi connectivity index (χ1) is 19.1. The molecule has 0 aliphatic carbocycles. The van der Waals surface area contributed by atoms with Gasteiger partial charge in [-0.2, -0.15) is 0 Å². The summed E-state index contributed by atoms with van der Waals surface area (Å²) in [6.07, 6.45) is 6.24. The fourth-order valence-corrected chi connectivity index (χ4v) is 4.50. The Morgan fingerprint density at radius 1 is 0.550 bits per heavy atom. The number of rotatable bonds is 7. The third-order valence-corrected chi connectivity index (χ3v) is 7.52. The van der Waals surface area contributed by atoms with E-state index in [9.17, 15) is 9.59 Å². The Balaban J connectivity index is 1.40. The van der Waals surface area contributed by atoms with Crippen LogP contribution in [-0.4, -0.2) is 11.8 Å². The van der Waals surface area contributed by atoms with Crippen molar-refractivity contribution in [2.75, 3.05) is 10.6 Å². The van der Waals surface area contributed by atoms with E-state index < -0.39 is 0 Å². The van der Waals surface area contributed by atoms with Gasteiger partial charge in [0, 0.05) is 23.5 Å². The van der Waals surface area contributed by atoms with Crippen molar-refractivity contribution in [2.24, 2.45) is 0 Å².